The Morgan fingerprint density at radius 1 is 1.28 bits per heavy atom. The molecule has 25 heavy (non-hydrogen) atoms. The Morgan fingerprint density at radius 3 is 2.80 bits per heavy atom. The first-order valence-electron chi connectivity index (χ1n) is 8.41. The first-order valence-corrected chi connectivity index (χ1v) is 8.41. The third kappa shape index (κ3) is 3.17. The van der Waals surface area contributed by atoms with Gasteiger partial charge in [-0.3, -0.25) is 18.8 Å². The van der Waals surface area contributed by atoms with Gasteiger partial charge in [0.25, 0.3) is 5.56 Å². The summed E-state index contributed by atoms with van der Waals surface area (Å²) in [5.74, 6) is 1.07. The second-order valence-corrected chi connectivity index (χ2v) is 6.37. The summed E-state index contributed by atoms with van der Waals surface area (Å²) in [6.07, 6.45) is 4.44. The van der Waals surface area contributed by atoms with Crippen LogP contribution in [0.25, 0.3) is 10.9 Å². The quantitative estimate of drug-likeness (QED) is 0.772. The Bertz CT molecular complexity index is 1000. The molecule has 0 saturated heterocycles. The maximum absolute atomic E-state index is 12.8. The van der Waals surface area contributed by atoms with Crippen LogP contribution in [0.15, 0.2) is 41.3 Å². The van der Waals surface area contributed by atoms with Crippen LogP contribution in [0.3, 0.4) is 0 Å². The Hall–Kier alpha value is -2.96. The van der Waals surface area contributed by atoms with Crippen molar-refractivity contribution in [3.63, 3.8) is 0 Å². The van der Waals surface area contributed by atoms with Crippen molar-refractivity contribution in [3.8, 4) is 0 Å². The summed E-state index contributed by atoms with van der Waals surface area (Å²) in [5.41, 5.74) is 0.678. The molecular formula is C18H19N5O2. The Kier molecular flexibility index (Phi) is 3.83. The number of carbonyl (C=O) groups is 1. The van der Waals surface area contributed by atoms with Crippen LogP contribution in [0.5, 0.6) is 0 Å². The number of hydrogen-bond acceptors (Lipinski definition) is 4. The van der Waals surface area contributed by atoms with E-state index >= 15 is 0 Å². The van der Waals surface area contributed by atoms with Gasteiger partial charge in [0.2, 0.25) is 5.91 Å². The molecule has 1 aliphatic rings. The third-order valence-corrected chi connectivity index (χ3v) is 4.35. The van der Waals surface area contributed by atoms with Crippen molar-refractivity contribution in [2.24, 2.45) is 7.05 Å². The molecule has 4 rings (SSSR count). The Morgan fingerprint density at radius 2 is 2.08 bits per heavy atom. The predicted molar refractivity (Wildman–Crippen MR) is 94.4 cm³/mol. The Balaban J connectivity index is 1.57. The van der Waals surface area contributed by atoms with Crippen molar-refractivity contribution in [2.45, 2.75) is 31.7 Å². The van der Waals surface area contributed by atoms with Crippen molar-refractivity contribution in [3.05, 3.63) is 52.7 Å². The van der Waals surface area contributed by atoms with Crippen LogP contribution in [0.1, 0.15) is 31.1 Å². The molecule has 0 atom stereocenters. The fourth-order valence-electron chi connectivity index (χ4n) is 2.99. The predicted octanol–water partition coefficient (Wildman–Crippen LogP) is 2.04. The average molecular weight is 337 g/mol. The molecule has 0 aliphatic heterocycles. The molecule has 2 heterocycles. The first kappa shape index (κ1) is 15.6. The summed E-state index contributed by atoms with van der Waals surface area (Å²) in [6.45, 7) is 0. The van der Waals surface area contributed by atoms with Crippen LogP contribution in [0.4, 0.5) is 5.82 Å². The van der Waals surface area contributed by atoms with Crippen molar-refractivity contribution in [2.75, 3.05) is 5.32 Å². The van der Waals surface area contributed by atoms with Gasteiger partial charge in [0.1, 0.15) is 5.82 Å². The fraction of sp³-hybridized carbons (Fsp3) is 0.333. The highest BCUT2D eigenvalue weighted by Crippen LogP contribution is 2.34. The molecule has 1 saturated carbocycles. The molecule has 0 spiro atoms. The molecule has 0 radical (unpaired) electrons. The lowest BCUT2D eigenvalue weighted by atomic mass is 10.2. The van der Waals surface area contributed by atoms with Crippen molar-refractivity contribution >= 4 is 22.6 Å². The van der Waals surface area contributed by atoms with Gasteiger partial charge in [-0.15, -0.1) is 0 Å². The minimum Gasteiger partial charge on any atom is -0.309 e. The van der Waals surface area contributed by atoms with E-state index in [4.69, 9.17) is 0 Å². The van der Waals surface area contributed by atoms with E-state index in [9.17, 15) is 9.59 Å². The van der Waals surface area contributed by atoms with E-state index in [0.717, 1.165) is 12.8 Å². The first-order chi connectivity index (χ1) is 12.1. The molecule has 1 aliphatic carbocycles. The summed E-state index contributed by atoms with van der Waals surface area (Å²) in [7, 11) is 1.79. The van der Waals surface area contributed by atoms with Crippen molar-refractivity contribution < 1.29 is 4.79 Å². The molecule has 7 nitrogen and oxygen atoms in total. The van der Waals surface area contributed by atoms with Crippen molar-refractivity contribution in [1.29, 1.82) is 0 Å². The van der Waals surface area contributed by atoms with E-state index in [1.165, 1.54) is 0 Å². The number of carbonyl (C=O) groups excluding carboxylic acids is 1. The van der Waals surface area contributed by atoms with Crippen LogP contribution in [-0.4, -0.2) is 25.2 Å². The summed E-state index contributed by atoms with van der Waals surface area (Å²) in [4.78, 5) is 29.6. The minimum atomic E-state index is -0.136. The van der Waals surface area contributed by atoms with E-state index in [1.807, 2.05) is 18.2 Å². The number of benzene rings is 1. The summed E-state index contributed by atoms with van der Waals surface area (Å²) in [5, 5.41) is 7.53. The Labute approximate surface area is 144 Å². The minimum absolute atomic E-state index is 0.00626. The topological polar surface area (TPSA) is 81.8 Å². The molecule has 128 valence electrons. The fourth-order valence-corrected chi connectivity index (χ4v) is 2.99. The van der Waals surface area contributed by atoms with Gasteiger partial charge < -0.3 is 5.32 Å². The smallest absolute Gasteiger partial charge is 0.261 e. The number of nitrogens with zero attached hydrogens (tertiary/aromatic N) is 4. The number of aryl methyl sites for hydroxylation is 2. The lowest BCUT2D eigenvalue weighted by Crippen LogP contribution is -2.25. The second-order valence-electron chi connectivity index (χ2n) is 6.37. The number of anilines is 1. The van der Waals surface area contributed by atoms with E-state index in [2.05, 4.69) is 15.4 Å². The van der Waals surface area contributed by atoms with Gasteiger partial charge in [-0.05, 0) is 25.0 Å². The number of fused-ring (bicyclic) bond motifs is 1. The van der Waals surface area contributed by atoms with Gasteiger partial charge in [-0.25, -0.2) is 4.98 Å². The summed E-state index contributed by atoms with van der Waals surface area (Å²) < 4.78 is 3.40. The zero-order valence-electron chi connectivity index (χ0n) is 14.0. The second kappa shape index (κ2) is 6.16. The number of nitrogens with one attached hydrogen (secondary N) is 1. The molecule has 1 aromatic carbocycles. The zero-order chi connectivity index (χ0) is 17.4. The van der Waals surface area contributed by atoms with Gasteiger partial charge in [0, 0.05) is 38.2 Å². The van der Waals surface area contributed by atoms with Gasteiger partial charge in [-0.2, -0.15) is 5.10 Å². The van der Waals surface area contributed by atoms with Crippen LogP contribution in [0, 0.1) is 0 Å². The molecule has 1 N–H and O–H groups in total. The van der Waals surface area contributed by atoms with E-state index in [1.54, 1.807) is 34.6 Å². The normalized spacial score (nSPS) is 14.0. The molecule has 7 heteroatoms. The van der Waals surface area contributed by atoms with Gasteiger partial charge in [0.05, 0.1) is 10.9 Å². The highest BCUT2D eigenvalue weighted by molar-refractivity contribution is 5.89. The van der Waals surface area contributed by atoms with E-state index < -0.39 is 0 Å². The molecule has 1 fully saturated rings. The van der Waals surface area contributed by atoms with E-state index in [0.29, 0.717) is 29.0 Å². The molecule has 0 unspecified atom stereocenters. The summed E-state index contributed by atoms with van der Waals surface area (Å²) in [6, 6.07) is 9.33. The zero-order valence-corrected chi connectivity index (χ0v) is 14.0. The number of amides is 1. The lowest BCUT2D eigenvalue weighted by molar-refractivity contribution is -0.116. The van der Waals surface area contributed by atoms with Gasteiger partial charge >= 0.3 is 0 Å². The van der Waals surface area contributed by atoms with Gasteiger partial charge in [-0.1, -0.05) is 12.1 Å². The number of hydrogen-bond donors (Lipinski definition) is 1. The molecular weight excluding hydrogens is 318 g/mol. The molecule has 3 aromatic rings. The van der Waals surface area contributed by atoms with Crippen LogP contribution < -0.4 is 10.9 Å². The van der Waals surface area contributed by atoms with Gasteiger partial charge in [0.15, 0.2) is 5.82 Å². The maximum Gasteiger partial charge on any atom is 0.261 e. The number of para-hydroxylation sites is 1. The third-order valence-electron chi connectivity index (χ3n) is 4.35. The van der Waals surface area contributed by atoms with Crippen molar-refractivity contribution in [1.82, 2.24) is 19.3 Å². The lowest BCUT2D eigenvalue weighted by Gasteiger charge is -2.12. The average Bonchev–Trinajstić information content (AvgIpc) is 3.35. The number of rotatable bonds is 5. The van der Waals surface area contributed by atoms with Crippen LogP contribution in [0.2, 0.25) is 0 Å². The standard InChI is InChI=1S/C18H19N5O2/c1-22-11-10-15(21-22)20-17(24)9-8-16-19-14-5-3-2-4-13(14)18(25)23(16)12-6-7-12/h2-5,10-12H,6-9H2,1H3,(H,20,21,24). The number of aromatic nitrogens is 4. The largest absolute Gasteiger partial charge is 0.309 e. The van der Waals surface area contributed by atoms with E-state index in [-0.39, 0.29) is 23.9 Å². The summed E-state index contributed by atoms with van der Waals surface area (Å²) >= 11 is 0. The maximum atomic E-state index is 12.8. The molecule has 2 aromatic heterocycles. The monoisotopic (exact) mass is 337 g/mol. The highest BCUT2D eigenvalue weighted by atomic mass is 16.1. The van der Waals surface area contributed by atoms with Crippen LogP contribution in [-0.2, 0) is 18.3 Å². The highest BCUT2D eigenvalue weighted by Gasteiger charge is 2.28. The SMILES string of the molecule is Cn1ccc(NC(=O)CCc2nc3ccccc3c(=O)n2C2CC2)n1. The molecule has 0 bridgehead atoms. The molecule has 1 amide bonds. The van der Waals surface area contributed by atoms with Crippen LogP contribution >= 0.6 is 0 Å².